The first-order valence-electron chi connectivity index (χ1n) is 7.79. The van der Waals surface area contributed by atoms with Gasteiger partial charge in [-0.2, -0.15) is 0 Å². The van der Waals surface area contributed by atoms with E-state index in [4.69, 9.17) is 5.11 Å². The summed E-state index contributed by atoms with van der Waals surface area (Å²) in [7, 11) is 0. The standard InChI is InChI=1S/C16H26O2/c1-16-8-6-12-10-11(7-9-17)2-3-13(12)14(16)4-5-15(16)18/h11-14,17H,2-10H2,1H3/t11?,12?,13?,14?,16-/m0/s1. The van der Waals surface area contributed by atoms with Gasteiger partial charge in [0, 0.05) is 18.4 Å². The normalized spacial score (nSPS) is 47.8. The average molecular weight is 250 g/mol. The van der Waals surface area contributed by atoms with Crippen LogP contribution in [0.15, 0.2) is 0 Å². The Morgan fingerprint density at radius 3 is 2.89 bits per heavy atom. The molecule has 0 heterocycles. The highest BCUT2D eigenvalue weighted by molar-refractivity contribution is 5.87. The molecule has 4 unspecified atom stereocenters. The molecule has 0 spiro atoms. The number of Topliss-reactive ketones (excluding diaryl/α,β-unsaturated/α-hetero) is 1. The second kappa shape index (κ2) is 4.63. The summed E-state index contributed by atoms with van der Waals surface area (Å²) >= 11 is 0. The van der Waals surface area contributed by atoms with Gasteiger partial charge in [0.2, 0.25) is 0 Å². The van der Waals surface area contributed by atoms with Crippen molar-refractivity contribution in [2.75, 3.05) is 6.61 Å². The highest BCUT2D eigenvalue weighted by Crippen LogP contribution is 2.58. The zero-order valence-electron chi connectivity index (χ0n) is 11.5. The van der Waals surface area contributed by atoms with Crippen LogP contribution in [0.5, 0.6) is 0 Å². The van der Waals surface area contributed by atoms with E-state index in [0.29, 0.717) is 18.3 Å². The number of aliphatic hydroxyl groups is 1. The fourth-order valence-electron chi connectivity index (χ4n) is 5.29. The van der Waals surface area contributed by atoms with Gasteiger partial charge in [-0.1, -0.05) is 13.3 Å². The second-order valence-corrected chi connectivity index (χ2v) is 7.14. The van der Waals surface area contributed by atoms with Gasteiger partial charge in [-0.15, -0.1) is 0 Å². The minimum Gasteiger partial charge on any atom is -0.396 e. The van der Waals surface area contributed by atoms with Gasteiger partial charge in [0.25, 0.3) is 0 Å². The van der Waals surface area contributed by atoms with Crippen LogP contribution < -0.4 is 0 Å². The number of carbonyl (C=O) groups excluding carboxylic acids is 1. The summed E-state index contributed by atoms with van der Waals surface area (Å²) < 4.78 is 0. The molecule has 0 radical (unpaired) electrons. The summed E-state index contributed by atoms with van der Waals surface area (Å²) in [5, 5.41) is 9.10. The Balaban J connectivity index is 1.73. The van der Waals surface area contributed by atoms with E-state index in [-0.39, 0.29) is 5.41 Å². The van der Waals surface area contributed by atoms with E-state index in [1.807, 2.05) is 0 Å². The maximum absolute atomic E-state index is 12.1. The van der Waals surface area contributed by atoms with Crippen molar-refractivity contribution in [3.8, 4) is 0 Å². The lowest BCUT2D eigenvalue weighted by Crippen LogP contribution is -2.44. The Hall–Kier alpha value is -0.370. The van der Waals surface area contributed by atoms with E-state index in [2.05, 4.69) is 6.92 Å². The Kier molecular flexibility index (Phi) is 3.25. The van der Waals surface area contributed by atoms with E-state index < -0.39 is 0 Å². The Morgan fingerprint density at radius 2 is 2.11 bits per heavy atom. The third kappa shape index (κ3) is 1.84. The van der Waals surface area contributed by atoms with Crippen LogP contribution in [0.4, 0.5) is 0 Å². The molecule has 3 saturated carbocycles. The summed E-state index contributed by atoms with van der Waals surface area (Å²) in [6.07, 6.45) is 9.27. The number of hydrogen-bond acceptors (Lipinski definition) is 2. The summed E-state index contributed by atoms with van der Waals surface area (Å²) in [5.41, 5.74) is 0.0327. The molecule has 2 heteroatoms. The first kappa shape index (κ1) is 12.7. The smallest absolute Gasteiger partial charge is 0.139 e. The number of hydrogen-bond donors (Lipinski definition) is 1. The van der Waals surface area contributed by atoms with Gasteiger partial charge in [0.05, 0.1) is 0 Å². The molecule has 3 aliphatic carbocycles. The predicted octanol–water partition coefficient (Wildman–Crippen LogP) is 3.18. The first-order valence-corrected chi connectivity index (χ1v) is 7.79. The number of carbonyl (C=O) groups is 1. The molecule has 0 bridgehead atoms. The molecule has 0 aliphatic heterocycles. The van der Waals surface area contributed by atoms with Crippen LogP contribution in [0.2, 0.25) is 0 Å². The van der Waals surface area contributed by atoms with Crippen molar-refractivity contribution in [2.24, 2.45) is 29.1 Å². The Morgan fingerprint density at radius 1 is 1.28 bits per heavy atom. The van der Waals surface area contributed by atoms with Gasteiger partial charge >= 0.3 is 0 Å². The van der Waals surface area contributed by atoms with Gasteiger partial charge in [0.15, 0.2) is 0 Å². The maximum Gasteiger partial charge on any atom is 0.139 e. The van der Waals surface area contributed by atoms with Gasteiger partial charge in [-0.25, -0.2) is 0 Å². The molecule has 3 rings (SSSR count). The van der Waals surface area contributed by atoms with Gasteiger partial charge in [0.1, 0.15) is 5.78 Å². The third-order valence-electron chi connectivity index (χ3n) is 6.38. The van der Waals surface area contributed by atoms with E-state index in [1.165, 1.54) is 25.7 Å². The lowest BCUT2D eigenvalue weighted by atomic mass is 9.55. The Bertz CT molecular complexity index is 338. The van der Waals surface area contributed by atoms with Crippen LogP contribution in [-0.2, 0) is 4.79 Å². The Labute approximate surface area is 110 Å². The van der Waals surface area contributed by atoms with Crippen molar-refractivity contribution in [1.82, 2.24) is 0 Å². The highest BCUT2D eigenvalue weighted by Gasteiger charge is 2.54. The molecule has 18 heavy (non-hydrogen) atoms. The molecule has 3 fully saturated rings. The monoisotopic (exact) mass is 250 g/mol. The number of rotatable bonds is 2. The third-order valence-corrected chi connectivity index (χ3v) is 6.38. The van der Waals surface area contributed by atoms with Crippen molar-refractivity contribution in [2.45, 2.75) is 58.3 Å². The minimum atomic E-state index is 0.0327. The maximum atomic E-state index is 12.1. The minimum absolute atomic E-state index is 0.0327. The molecule has 102 valence electrons. The van der Waals surface area contributed by atoms with Crippen molar-refractivity contribution in [3.63, 3.8) is 0 Å². The molecule has 0 aromatic heterocycles. The van der Waals surface area contributed by atoms with Crippen LogP contribution in [0, 0.1) is 29.1 Å². The van der Waals surface area contributed by atoms with Crippen molar-refractivity contribution in [1.29, 1.82) is 0 Å². The summed E-state index contributed by atoms with van der Waals surface area (Å²) in [5.74, 6) is 3.63. The van der Waals surface area contributed by atoms with Gasteiger partial charge in [-0.05, 0) is 62.2 Å². The first-order chi connectivity index (χ1) is 8.65. The van der Waals surface area contributed by atoms with E-state index >= 15 is 0 Å². The summed E-state index contributed by atoms with van der Waals surface area (Å²) in [6, 6.07) is 0. The molecule has 0 saturated heterocycles. The molecular formula is C16H26O2. The number of fused-ring (bicyclic) bond motifs is 3. The zero-order chi connectivity index (χ0) is 12.8. The highest BCUT2D eigenvalue weighted by atomic mass is 16.3. The van der Waals surface area contributed by atoms with Crippen LogP contribution in [0.3, 0.4) is 0 Å². The number of aliphatic hydroxyl groups excluding tert-OH is 1. The molecule has 5 atom stereocenters. The van der Waals surface area contributed by atoms with Crippen LogP contribution in [0.25, 0.3) is 0 Å². The predicted molar refractivity (Wildman–Crippen MR) is 71.1 cm³/mol. The zero-order valence-corrected chi connectivity index (χ0v) is 11.5. The summed E-state index contributed by atoms with van der Waals surface area (Å²) in [4.78, 5) is 12.1. The molecule has 0 aromatic rings. The average Bonchev–Trinajstić information content (AvgIpc) is 2.67. The molecule has 1 N–H and O–H groups in total. The topological polar surface area (TPSA) is 37.3 Å². The van der Waals surface area contributed by atoms with E-state index in [0.717, 1.165) is 43.4 Å². The molecule has 2 nitrogen and oxygen atoms in total. The largest absolute Gasteiger partial charge is 0.396 e. The fourth-order valence-corrected chi connectivity index (χ4v) is 5.29. The molecule has 3 aliphatic rings. The number of ketones is 1. The molecule has 0 aromatic carbocycles. The van der Waals surface area contributed by atoms with E-state index in [9.17, 15) is 4.79 Å². The van der Waals surface area contributed by atoms with Crippen LogP contribution >= 0.6 is 0 Å². The summed E-state index contributed by atoms with van der Waals surface area (Å²) in [6.45, 7) is 2.59. The van der Waals surface area contributed by atoms with Crippen molar-refractivity contribution < 1.29 is 9.90 Å². The SMILES string of the molecule is C[C@]12CCC3CC(CCO)CCC3C1CCC2=O. The van der Waals surface area contributed by atoms with Gasteiger partial charge < -0.3 is 5.11 Å². The van der Waals surface area contributed by atoms with Crippen molar-refractivity contribution >= 4 is 5.78 Å². The second-order valence-electron chi connectivity index (χ2n) is 7.14. The molecular weight excluding hydrogens is 224 g/mol. The van der Waals surface area contributed by atoms with Crippen molar-refractivity contribution in [3.05, 3.63) is 0 Å². The van der Waals surface area contributed by atoms with Crippen LogP contribution in [-0.4, -0.2) is 17.5 Å². The lowest BCUT2D eigenvalue weighted by molar-refractivity contribution is -0.130. The van der Waals surface area contributed by atoms with E-state index in [1.54, 1.807) is 0 Å². The molecule has 0 amide bonds. The van der Waals surface area contributed by atoms with Gasteiger partial charge in [-0.3, -0.25) is 4.79 Å². The fraction of sp³-hybridized carbons (Fsp3) is 0.938. The lowest BCUT2D eigenvalue weighted by Gasteiger charge is -2.49. The quantitative estimate of drug-likeness (QED) is 0.817. The van der Waals surface area contributed by atoms with Crippen LogP contribution in [0.1, 0.15) is 58.3 Å².